The van der Waals surface area contributed by atoms with Crippen LogP contribution in [-0.4, -0.2) is 70.3 Å². The van der Waals surface area contributed by atoms with Crippen molar-refractivity contribution in [2.24, 2.45) is 0 Å². The lowest BCUT2D eigenvalue weighted by Crippen LogP contribution is -2.45. The highest BCUT2D eigenvalue weighted by molar-refractivity contribution is 6.02. The van der Waals surface area contributed by atoms with Crippen molar-refractivity contribution in [2.45, 2.75) is 6.54 Å². The predicted molar refractivity (Wildman–Crippen MR) is 125 cm³/mol. The Balaban J connectivity index is 1.55. The smallest absolute Gasteiger partial charge is 0.268 e. The number of aromatic nitrogens is 1. The molecule has 0 atom stereocenters. The largest absolute Gasteiger partial charge is 0.496 e. The quantitative estimate of drug-likeness (QED) is 0.591. The summed E-state index contributed by atoms with van der Waals surface area (Å²) in [6, 6.07) is 11.8. The number of benzene rings is 2. The third kappa shape index (κ3) is 4.18. The van der Waals surface area contributed by atoms with Crippen LogP contribution in [0.15, 0.2) is 36.4 Å². The summed E-state index contributed by atoms with van der Waals surface area (Å²) >= 11 is 0. The van der Waals surface area contributed by atoms with E-state index >= 15 is 0 Å². The fourth-order valence-corrected chi connectivity index (χ4v) is 4.15. The summed E-state index contributed by atoms with van der Waals surface area (Å²) in [7, 11) is 6.86. The number of carbonyl (C=O) groups is 1. The van der Waals surface area contributed by atoms with Gasteiger partial charge in [-0.15, -0.1) is 0 Å². The summed E-state index contributed by atoms with van der Waals surface area (Å²) in [6.07, 6.45) is 0. The molecular weight excluding hydrogens is 408 g/mol. The summed E-state index contributed by atoms with van der Waals surface area (Å²) < 4.78 is 16.4. The van der Waals surface area contributed by atoms with Gasteiger partial charge in [-0.2, -0.15) is 0 Å². The molecule has 170 valence electrons. The summed E-state index contributed by atoms with van der Waals surface area (Å²) in [6.45, 7) is 4.45. The Bertz CT molecular complexity index is 1100. The molecule has 0 bridgehead atoms. The summed E-state index contributed by atoms with van der Waals surface area (Å²) in [5, 5.41) is 3.81. The number of anilines is 1. The van der Waals surface area contributed by atoms with Crippen molar-refractivity contribution in [3.8, 4) is 17.2 Å². The molecule has 0 saturated carbocycles. The van der Waals surface area contributed by atoms with Crippen LogP contribution < -0.4 is 24.4 Å². The molecule has 2 N–H and O–H groups in total. The number of likely N-dealkylation sites (N-methyl/N-ethyl adjacent to an activating group) is 1. The lowest BCUT2D eigenvalue weighted by molar-refractivity contribution is 0.0947. The van der Waals surface area contributed by atoms with Crippen molar-refractivity contribution < 1.29 is 19.0 Å². The number of methoxy groups -OCH3 is 3. The minimum Gasteiger partial charge on any atom is -0.496 e. The van der Waals surface area contributed by atoms with Crippen LogP contribution in [-0.2, 0) is 6.54 Å². The first-order chi connectivity index (χ1) is 15.5. The van der Waals surface area contributed by atoms with Gasteiger partial charge in [-0.05, 0) is 24.7 Å². The lowest BCUT2D eigenvalue weighted by Gasteiger charge is -2.35. The van der Waals surface area contributed by atoms with Gasteiger partial charge < -0.3 is 34.3 Å². The van der Waals surface area contributed by atoms with Gasteiger partial charge in [-0.3, -0.25) is 4.79 Å². The number of aromatic amines is 1. The highest BCUT2D eigenvalue weighted by Gasteiger charge is 2.20. The van der Waals surface area contributed by atoms with E-state index < -0.39 is 0 Å². The Morgan fingerprint density at radius 2 is 1.72 bits per heavy atom. The lowest BCUT2D eigenvalue weighted by atomic mass is 10.1. The van der Waals surface area contributed by atoms with E-state index in [9.17, 15) is 4.79 Å². The highest BCUT2D eigenvalue weighted by Crippen LogP contribution is 2.41. The molecule has 8 nitrogen and oxygen atoms in total. The number of carbonyl (C=O) groups excluding carboxylic acids is 1. The van der Waals surface area contributed by atoms with E-state index in [1.54, 1.807) is 33.5 Å². The summed E-state index contributed by atoms with van der Waals surface area (Å²) in [4.78, 5) is 20.9. The van der Waals surface area contributed by atoms with Gasteiger partial charge in [0.2, 0.25) is 0 Å². The first kappa shape index (κ1) is 21.8. The van der Waals surface area contributed by atoms with Crippen LogP contribution >= 0.6 is 0 Å². The van der Waals surface area contributed by atoms with Gasteiger partial charge in [-0.25, -0.2) is 0 Å². The number of piperazine rings is 1. The molecule has 4 rings (SSSR count). The average molecular weight is 439 g/mol. The van der Waals surface area contributed by atoms with Crippen molar-refractivity contribution in [2.75, 3.05) is 59.5 Å². The Morgan fingerprint density at radius 1 is 1.00 bits per heavy atom. The molecule has 1 saturated heterocycles. The number of H-pyrrole nitrogens is 1. The zero-order chi connectivity index (χ0) is 22.7. The summed E-state index contributed by atoms with van der Waals surface area (Å²) in [5.74, 6) is 1.47. The van der Waals surface area contributed by atoms with Crippen molar-refractivity contribution in [1.29, 1.82) is 0 Å². The van der Waals surface area contributed by atoms with Crippen LogP contribution in [0.25, 0.3) is 10.9 Å². The minimum atomic E-state index is -0.197. The Morgan fingerprint density at radius 3 is 2.41 bits per heavy atom. The predicted octanol–water partition coefficient (Wildman–Crippen LogP) is 2.88. The average Bonchev–Trinajstić information content (AvgIpc) is 3.27. The Kier molecular flexibility index (Phi) is 6.41. The maximum atomic E-state index is 13.0. The van der Waals surface area contributed by atoms with E-state index in [-0.39, 0.29) is 5.91 Å². The molecule has 1 aliphatic rings. The second-order valence-corrected chi connectivity index (χ2v) is 7.89. The molecule has 2 heterocycles. The van der Waals surface area contributed by atoms with E-state index in [1.807, 2.05) is 12.1 Å². The second-order valence-electron chi connectivity index (χ2n) is 7.89. The van der Waals surface area contributed by atoms with Crippen molar-refractivity contribution in [3.05, 3.63) is 47.7 Å². The van der Waals surface area contributed by atoms with Gasteiger partial charge in [0.25, 0.3) is 5.91 Å². The molecule has 2 aromatic carbocycles. The number of amides is 1. The number of para-hydroxylation sites is 1. The number of rotatable bonds is 7. The topological polar surface area (TPSA) is 79.1 Å². The van der Waals surface area contributed by atoms with Gasteiger partial charge in [-0.1, -0.05) is 18.2 Å². The number of nitrogens with zero attached hydrogens (tertiary/aromatic N) is 2. The van der Waals surface area contributed by atoms with Crippen molar-refractivity contribution in [1.82, 2.24) is 15.2 Å². The van der Waals surface area contributed by atoms with Gasteiger partial charge in [0, 0.05) is 49.9 Å². The van der Waals surface area contributed by atoms with Gasteiger partial charge in [0.1, 0.15) is 11.4 Å². The van der Waals surface area contributed by atoms with Gasteiger partial charge in [0.05, 0.1) is 26.8 Å². The Hall–Kier alpha value is -3.39. The number of fused-ring (bicyclic) bond motifs is 1. The molecule has 1 amide bonds. The van der Waals surface area contributed by atoms with E-state index in [2.05, 4.69) is 39.3 Å². The van der Waals surface area contributed by atoms with Crippen LogP contribution in [0.3, 0.4) is 0 Å². The Labute approximate surface area is 188 Å². The summed E-state index contributed by atoms with van der Waals surface area (Å²) in [5.41, 5.74) is 3.36. The normalized spacial score (nSPS) is 14.4. The van der Waals surface area contributed by atoms with Crippen molar-refractivity contribution in [3.63, 3.8) is 0 Å². The van der Waals surface area contributed by atoms with Crippen LogP contribution in [0, 0.1) is 0 Å². The molecule has 0 unspecified atom stereocenters. The zero-order valence-corrected chi connectivity index (χ0v) is 19.0. The first-order valence-corrected chi connectivity index (χ1v) is 10.7. The van der Waals surface area contributed by atoms with Crippen LogP contribution in [0.2, 0.25) is 0 Å². The monoisotopic (exact) mass is 438 g/mol. The third-order valence-corrected chi connectivity index (χ3v) is 5.96. The first-order valence-electron chi connectivity index (χ1n) is 10.7. The molecule has 3 aromatic rings. The molecule has 1 aromatic heterocycles. The maximum absolute atomic E-state index is 13.0. The maximum Gasteiger partial charge on any atom is 0.268 e. The molecule has 1 fully saturated rings. The van der Waals surface area contributed by atoms with E-state index in [4.69, 9.17) is 14.2 Å². The van der Waals surface area contributed by atoms with Gasteiger partial charge >= 0.3 is 0 Å². The number of ether oxygens (including phenoxy) is 3. The van der Waals surface area contributed by atoms with Crippen molar-refractivity contribution >= 4 is 22.5 Å². The van der Waals surface area contributed by atoms with Crippen LogP contribution in [0.4, 0.5) is 5.69 Å². The standard InChI is InChI=1S/C24H30N4O4/c1-27-9-11-28(12-10-27)19-8-6-5-7-16(19)15-25-24(29)18-13-17-20(30-2)14-21(31-3)23(32-4)22(17)26-18/h5-8,13-14,26H,9-12,15H2,1-4H3,(H,25,29). The van der Waals surface area contributed by atoms with Crippen LogP contribution in [0.1, 0.15) is 16.1 Å². The van der Waals surface area contributed by atoms with E-state index in [1.165, 1.54) is 5.69 Å². The third-order valence-electron chi connectivity index (χ3n) is 5.96. The van der Waals surface area contributed by atoms with E-state index in [0.717, 1.165) is 37.1 Å². The fourth-order valence-electron chi connectivity index (χ4n) is 4.15. The number of hydrogen-bond acceptors (Lipinski definition) is 6. The number of nitrogens with one attached hydrogen (secondary N) is 2. The fraction of sp³-hybridized carbons (Fsp3) is 0.375. The molecule has 0 spiro atoms. The molecule has 0 radical (unpaired) electrons. The highest BCUT2D eigenvalue weighted by atomic mass is 16.5. The van der Waals surface area contributed by atoms with Gasteiger partial charge in [0.15, 0.2) is 11.5 Å². The molecule has 8 heteroatoms. The SMILES string of the molecule is COc1cc(OC)c2cc(C(=O)NCc3ccccc3N3CCN(C)CC3)[nH]c2c1OC. The minimum absolute atomic E-state index is 0.197. The zero-order valence-electron chi connectivity index (χ0n) is 19.0. The second kappa shape index (κ2) is 9.40. The van der Waals surface area contributed by atoms with E-state index in [0.29, 0.717) is 35.0 Å². The molecule has 1 aliphatic heterocycles. The number of hydrogen-bond donors (Lipinski definition) is 2. The molecule has 0 aliphatic carbocycles. The van der Waals surface area contributed by atoms with Crippen LogP contribution in [0.5, 0.6) is 17.2 Å². The molecule has 32 heavy (non-hydrogen) atoms. The molecular formula is C24H30N4O4.